The number of amides is 2. The van der Waals surface area contributed by atoms with Crippen LogP contribution in [0.4, 0.5) is 4.39 Å². The highest BCUT2D eigenvalue weighted by molar-refractivity contribution is 6.30. The number of carboxylic acid groups (broad SMARTS) is 1. The Morgan fingerprint density at radius 3 is 2.62 bits per heavy atom. The lowest BCUT2D eigenvalue weighted by Crippen LogP contribution is -2.45. The van der Waals surface area contributed by atoms with Gasteiger partial charge in [0.1, 0.15) is 12.4 Å². The molecule has 3 aromatic rings. The first-order valence-corrected chi connectivity index (χ1v) is 10.8. The van der Waals surface area contributed by atoms with Gasteiger partial charge in [0.15, 0.2) is 6.29 Å². The van der Waals surface area contributed by atoms with Crippen molar-refractivity contribution in [1.82, 2.24) is 14.8 Å². The van der Waals surface area contributed by atoms with Crippen LogP contribution in [0.15, 0.2) is 42.6 Å². The molecule has 0 unspecified atom stereocenters. The molecule has 10 heteroatoms. The number of benzene rings is 2. The van der Waals surface area contributed by atoms with Gasteiger partial charge in [0.05, 0.1) is 17.1 Å². The van der Waals surface area contributed by atoms with E-state index in [2.05, 4.69) is 5.32 Å². The first kappa shape index (κ1) is 24.9. The van der Waals surface area contributed by atoms with Crippen molar-refractivity contribution >= 4 is 46.6 Å². The summed E-state index contributed by atoms with van der Waals surface area (Å²) < 4.78 is 15.6. The Hall–Kier alpha value is -3.72. The van der Waals surface area contributed by atoms with E-state index in [1.807, 2.05) is 0 Å². The summed E-state index contributed by atoms with van der Waals surface area (Å²) in [4.78, 5) is 49.6. The number of fused-ring (bicyclic) bond motifs is 1. The SMILES string of the molecule is CC(C)N(CC(=O)NCc1cccc(Cl)c1F)C(=O)Cn1cc(C=O)c2cc(C(=O)O)ccc21. The van der Waals surface area contributed by atoms with Crippen LogP contribution in [-0.4, -0.2) is 51.2 Å². The van der Waals surface area contributed by atoms with Crippen molar-refractivity contribution < 1.29 is 28.7 Å². The predicted octanol–water partition coefficient (Wildman–Crippen LogP) is 3.50. The summed E-state index contributed by atoms with van der Waals surface area (Å²) in [7, 11) is 0. The summed E-state index contributed by atoms with van der Waals surface area (Å²) in [5.74, 6) is -2.59. The number of aldehydes is 1. The van der Waals surface area contributed by atoms with Crippen LogP contribution in [0.2, 0.25) is 5.02 Å². The normalized spacial score (nSPS) is 11.0. The lowest BCUT2D eigenvalue weighted by Gasteiger charge is -2.26. The summed E-state index contributed by atoms with van der Waals surface area (Å²) in [6, 6.07) is 8.48. The van der Waals surface area contributed by atoms with E-state index in [-0.39, 0.29) is 53.3 Å². The van der Waals surface area contributed by atoms with Gasteiger partial charge in [-0.3, -0.25) is 14.4 Å². The van der Waals surface area contributed by atoms with E-state index in [1.54, 1.807) is 24.5 Å². The maximum absolute atomic E-state index is 14.0. The molecule has 0 spiro atoms. The third-order valence-electron chi connectivity index (χ3n) is 5.36. The first-order chi connectivity index (χ1) is 16.1. The second kappa shape index (κ2) is 10.5. The van der Waals surface area contributed by atoms with Gasteiger partial charge in [-0.25, -0.2) is 9.18 Å². The minimum atomic E-state index is -1.13. The third kappa shape index (κ3) is 5.43. The van der Waals surface area contributed by atoms with E-state index < -0.39 is 17.7 Å². The second-order valence-electron chi connectivity index (χ2n) is 7.97. The van der Waals surface area contributed by atoms with Crippen molar-refractivity contribution in [3.8, 4) is 0 Å². The van der Waals surface area contributed by atoms with Crippen LogP contribution in [0.1, 0.15) is 40.1 Å². The molecule has 3 rings (SSSR count). The molecule has 2 N–H and O–H groups in total. The number of aromatic carboxylic acids is 1. The van der Waals surface area contributed by atoms with E-state index in [9.17, 15) is 28.7 Å². The smallest absolute Gasteiger partial charge is 0.335 e. The fourth-order valence-electron chi connectivity index (χ4n) is 3.57. The average molecular weight is 488 g/mol. The second-order valence-corrected chi connectivity index (χ2v) is 8.38. The molecular weight excluding hydrogens is 465 g/mol. The monoisotopic (exact) mass is 487 g/mol. The molecule has 0 saturated heterocycles. The Labute approximate surface area is 199 Å². The molecule has 1 heterocycles. The molecule has 0 aliphatic heterocycles. The van der Waals surface area contributed by atoms with E-state index in [1.165, 1.54) is 41.4 Å². The molecule has 0 aliphatic rings. The molecule has 1 aromatic heterocycles. The molecule has 0 bridgehead atoms. The molecular formula is C24H23ClFN3O5. The van der Waals surface area contributed by atoms with Crippen LogP contribution in [0, 0.1) is 5.82 Å². The standard InChI is InChI=1S/C24H23ClFN3O5/c1-14(2)29(11-21(31)27-9-16-4-3-5-19(25)23(16)26)22(32)12-28-10-17(13-30)18-8-15(24(33)34)6-7-20(18)28/h3-8,10,13-14H,9,11-12H2,1-2H3,(H,27,31)(H,33,34). The number of hydrogen-bond donors (Lipinski definition) is 2. The van der Waals surface area contributed by atoms with Crippen LogP contribution in [-0.2, 0) is 22.7 Å². The number of rotatable bonds is 9. The summed E-state index contributed by atoms with van der Waals surface area (Å²) >= 11 is 5.76. The third-order valence-corrected chi connectivity index (χ3v) is 5.65. The molecule has 0 saturated carbocycles. The van der Waals surface area contributed by atoms with Crippen LogP contribution >= 0.6 is 11.6 Å². The number of halogens is 2. The molecule has 2 amide bonds. The minimum absolute atomic E-state index is 0.0243. The van der Waals surface area contributed by atoms with Crippen LogP contribution < -0.4 is 5.32 Å². The van der Waals surface area contributed by atoms with Gasteiger partial charge in [-0.05, 0) is 38.1 Å². The van der Waals surface area contributed by atoms with E-state index >= 15 is 0 Å². The highest BCUT2D eigenvalue weighted by atomic mass is 35.5. The van der Waals surface area contributed by atoms with Crippen molar-refractivity contribution in [1.29, 1.82) is 0 Å². The number of carbonyl (C=O) groups is 4. The Morgan fingerprint density at radius 1 is 1.24 bits per heavy atom. The Bertz CT molecular complexity index is 1270. The van der Waals surface area contributed by atoms with Gasteiger partial charge in [-0.15, -0.1) is 0 Å². The number of nitrogens with zero attached hydrogens (tertiary/aromatic N) is 2. The Morgan fingerprint density at radius 2 is 1.97 bits per heavy atom. The summed E-state index contributed by atoms with van der Waals surface area (Å²) in [6.07, 6.45) is 2.07. The highest BCUT2D eigenvalue weighted by Gasteiger charge is 2.22. The number of nitrogens with one attached hydrogen (secondary N) is 1. The molecule has 8 nitrogen and oxygen atoms in total. The van der Waals surface area contributed by atoms with E-state index in [0.717, 1.165) is 0 Å². The zero-order chi connectivity index (χ0) is 25.0. The van der Waals surface area contributed by atoms with Crippen LogP contribution in [0.25, 0.3) is 10.9 Å². The van der Waals surface area contributed by atoms with Gasteiger partial charge >= 0.3 is 5.97 Å². The topological polar surface area (TPSA) is 109 Å². The maximum Gasteiger partial charge on any atom is 0.335 e. The van der Waals surface area contributed by atoms with Crippen molar-refractivity contribution in [2.24, 2.45) is 0 Å². The molecule has 2 aromatic carbocycles. The lowest BCUT2D eigenvalue weighted by atomic mass is 10.1. The first-order valence-electron chi connectivity index (χ1n) is 10.4. The average Bonchev–Trinajstić information content (AvgIpc) is 3.14. The van der Waals surface area contributed by atoms with Crippen molar-refractivity contribution in [2.75, 3.05) is 6.54 Å². The Balaban J connectivity index is 1.74. The largest absolute Gasteiger partial charge is 0.478 e. The van der Waals surface area contributed by atoms with Gasteiger partial charge in [0, 0.05) is 40.8 Å². The van der Waals surface area contributed by atoms with Gasteiger partial charge in [-0.1, -0.05) is 23.7 Å². The molecule has 0 radical (unpaired) electrons. The number of aromatic nitrogens is 1. The molecule has 34 heavy (non-hydrogen) atoms. The van der Waals surface area contributed by atoms with Crippen LogP contribution in [0.5, 0.6) is 0 Å². The molecule has 0 aliphatic carbocycles. The minimum Gasteiger partial charge on any atom is -0.478 e. The van der Waals surface area contributed by atoms with Gasteiger partial charge in [-0.2, -0.15) is 0 Å². The van der Waals surface area contributed by atoms with Crippen molar-refractivity contribution in [2.45, 2.75) is 33.0 Å². The van der Waals surface area contributed by atoms with Gasteiger partial charge < -0.3 is 19.9 Å². The number of carbonyl (C=O) groups excluding carboxylic acids is 3. The van der Waals surface area contributed by atoms with Gasteiger partial charge in [0.2, 0.25) is 11.8 Å². The zero-order valence-corrected chi connectivity index (χ0v) is 19.3. The summed E-state index contributed by atoms with van der Waals surface area (Å²) in [5.41, 5.74) is 1.02. The molecule has 0 atom stereocenters. The summed E-state index contributed by atoms with van der Waals surface area (Å²) in [6.45, 7) is 3.02. The molecule has 0 fully saturated rings. The van der Waals surface area contributed by atoms with Crippen molar-refractivity contribution in [3.05, 3.63) is 70.1 Å². The fourth-order valence-corrected chi connectivity index (χ4v) is 3.76. The molecule has 178 valence electrons. The Kier molecular flexibility index (Phi) is 7.68. The van der Waals surface area contributed by atoms with E-state index in [0.29, 0.717) is 17.2 Å². The lowest BCUT2D eigenvalue weighted by molar-refractivity contribution is -0.138. The van der Waals surface area contributed by atoms with Crippen molar-refractivity contribution in [3.63, 3.8) is 0 Å². The predicted molar refractivity (Wildman–Crippen MR) is 124 cm³/mol. The highest BCUT2D eigenvalue weighted by Crippen LogP contribution is 2.23. The van der Waals surface area contributed by atoms with Crippen LogP contribution in [0.3, 0.4) is 0 Å². The number of hydrogen-bond acceptors (Lipinski definition) is 4. The maximum atomic E-state index is 14.0. The quantitative estimate of drug-likeness (QED) is 0.449. The zero-order valence-electron chi connectivity index (χ0n) is 18.5. The summed E-state index contributed by atoms with van der Waals surface area (Å²) in [5, 5.41) is 12.2. The van der Waals surface area contributed by atoms with E-state index in [4.69, 9.17) is 11.6 Å². The number of carboxylic acids is 1. The van der Waals surface area contributed by atoms with Gasteiger partial charge in [0.25, 0.3) is 0 Å². The fraction of sp³-hybridized carbons (Fsp3) is 0.250.